The van der Waals surface area contributed by atoms with Gasteiger partial charge >= 0.3 is 0 Å². The van der Waals surface area contributed by atoms with Crippen LogP contribution in [-0.4, -0.2) is 63.4 Å². The second-order valence-electron chi connectivity index (χ2n) is 9.66. The highest BCUT2D eigenvalue weighted by Gasteiger charge is 2.43. The Morgan fingerprint density at radius 1 is 1.06 bits per heavy atom. The van der Waals surface area contributed by atoms with E-state index in [9.17, 15) is 19.5 Å². The van der Waals surface area contributed by atoms with Crippen LogP contribution in [-0.2, 0) is 16.0 Å². The standard InChI is InChI=1S/C26H32ClN3O4/c1-26(2,3)29-24(33)21-15-19(27)16-30(21)25(34)22(31)20(14-17-10-6-4-7-11-17)28-23(32)18-12-8-5-9-13-18/h4-13,19-22,31H,14-16H2,1-3H3,(H,28,32)(H,29,33)/t19-,20-,21-,22-/m0/s1. The van der Waals surface area contributed by atoms with Crippen molar-refractivity contribution >= 4 is 29.3 Å². The Hall–Kier alpha value is -2.90. The van der Waals surface area contributed by atoms with Crippen LogP contribution in [0.25, 0.3) is 0 Å². The molecule has 2 aromatic rings. The van der Waals surface area contributed by atoms with Crippen molar-refractivity contribution in [2.45, 2.75) is 62.7 Å². The quantitative estimate of drug-likeness (QED) is 0.525. The highest BCUT2D eigenvalue weighted by atomic mass is 35.5. The molecular formula is C26H32ClN3O4. The van der Waals surface area contributed by atoms with Gasteiger partial charge in [-0.1, -0.05) is 48.5 Å². The minimum absolute atomic E-state index is 0.143. The summed E-state index contributed by atoms with van der Waals surface area (Å²) in [6.07, 6.45) is -1.02. The van der Waals surface area contributed by atoms with E-state index in [-0.39, 0.29) is 18.9 Å². The Kier molecular flexibility index (Phi) is 8.33. The average Bonchev–Trinajstić information content (AvgIpc) is 3.19. The number of nitrogens with one attached hydrogen (secondary N) is 2. The first-order chi connectivity index (χ1) is 16.0. The predicted molar refractivity (Wildman–Crippen MR) is 132 cm³/mol. The van der Waals surface area contributed by atoms with Gasteiger partial charge in [0.2, 0.25) is 5.91 Å². The van der Waals surface area contributed by atoms with Crippen molar-refractivity contribution in [1.82, 2.24) is 15.5 Å². The third kappa shape index (κ3) is 6.81. The Bertz CT molecular complexity index is 994. The summed E-state index contributed by atoms with van der Waals surface area (Å²) in [5.41, 5.74) is 0.796. The number of amides is 3. The number of halogens is 1. The molecule has 3 rings (SSSR count). The molecule has 0 saturated carbocycles. The van der Waals surface area contributed by atoms with Crippen LogP contribution in [0, 0.1) is 0 Å². The number of likely N-dealkylation sites (tertiary alicyclic amines) is 1. The molecule has 0 radical (unpaired) electrons. The molecule has 0 bridgehead atoms. The van der Waals surface area contributed by atoms with Crippen molar-refractivity contribution in [1.29, 1.82) is 0 Å². The molecule has 4 atom stereocenters. The number of alkyl halides is 1. The van der Waals surface area contributed by atoms with Crippen LogP contribution in [0.5, 0.6) is 0 Å². The lowest BCUT2D eigenvalue weighted by molar-refractivity contribution is -0.146. The van der Waals surface area contributed by atoms with Gasteiger partial charge in [0.15, 0.2) is 6.10 Å². The van der Waals surface area contributed by atoms with E-state index >= 15 is 0 Å². The summed E-state index contributed by atoms with van der Waals surface area (Å²) < 4.78 is 0. The molecule has 7 nitrogen and oxygen atoms in total. The van der Waals surface area contributed by atoms with Gasteiger partial charge in [-0.15, -0.1) is 11.6 Å². The summed E-state index contributed by atoms with van der Waals surface area (Å²) in [4.78, 5) is 40.4. The first-order valence-corrected chi connectivity index (χ1v) is 11.8. The summed E-state index contributed by atoms with van der Waals surface area (Å²) in [6, 6.07) is 16.2. The monoisotopic (exact) mass is 485 g/mol. The Morgan fingerprint density at radius 3 is 2.24 bits per heavy atom. The predicted octanol–water partition coefficient (Wildman–Crippen LogP) is 2.51. The lowest BCUT2D eigenvalue weighted by Crippen LogP contribution is -2.57. The van der Waals surface area contributed by atoms with Crippen LogP contribution in [0.1, 0.15) is 43.1 Å². The van der Waals surface area contributed by atoms with E-state index in [0.717, 1.165) is 5.56 Å². The van der Waals surface area contributed by atoms with Gasteiger partial charge in [0.25, 0.3) is 11.8 Å². The molecule has 34 heavy (non-hydrogen) atoms. The van der Waals surface area contributed by atoms with Gasteiger partial charge in [-0.25, -0.2) is 0 Å². The van der Waals surface area contributed by atoms with Crippen LogP contribution in [0.3, 0.4) is 0 Å². The number of hydrogen-bond acceptors (Lipinski definition) is 4. The lowest BCUT2D eigenvalue weighted by Gasteiger charge is -2.32. The number of hydrogen-bond donors (Lipinski definition) is 3. The highest BCUT2D eigenvalue weighted by molar-refractivity contribution is 6.21. The Labute approximate surface area is 205 Å². The van der Waals surface area contributed by atoms with Crippen LogP contribution in [0.15, 0.2) is 60.7 Å². The minimum Gasteiger partial charge on any atom is -0.381 e. The van der Waals surface area contributed by atoms with E-state index in [1.165, 1.54) is 4.90 Å². The molecule has 0 aromatic heterocycles. The first kappa shape index (κ1) is 25.7. The fourth-order valence-electron chi connectivity index (χ4n) is 4.02. The summed E-state index contributed by atoms with van der Waals surface area (Å²) in [5.74, 6) is -1.34. The minimum atomic E-state index is -1.56. The summed E-state index contributed by atoms with van der Waals surface area (Å²) >= 11 is 6.31. The number of aliphatic hydroxyl groups is 1. The van der Waals surface area contributed by atoms with Crippen LogP contribution >= 0.6 is 11.6 Å². The number of benzene rings is 2. The SMILES string of the molecule is CC(C)(C)NC(=O)[C@@H]1C[C@H](Cl)CN1C(=O)[C@@H](O)[C@H](Cc1ccccc1)NC(=O)c1ccccc1. The molecule has 182 valence electrons. The van der Waals surface area contributed by atoms with Gasteiger partial charge in [-0.2, -0.15) is 0 Å². The molecule has 0 spiro atoms. The maximum absolute atomic E-state index is 13.4. The maximum atomic E-state index is 13.4. The molecule has 0 aliphatic carbocycles. The second-order valence-corrected chi connectivity index (χ2v) is 10.3. The largest absolute Gasteiger partial charge is 0.381 e. The Balaban J connectivity index is 1.82. The number of aliphatic hydroxyl groups excluding tert-OH is 1. The second kappa shape index (κ2) is 11.0. The fourth-order valence-corrected chi connectivity index (χ4v) is 4.34. The summed E-state index contributed by atoms with van der Waals surface area (Å²) in [7, 11) is 0. The molecule has 3 N–H and O–H groups in total. The first-order valence-electron chi connectivity index (χ1n) is 11.4. The van der Waals surface area contributed by atoms with E-state index in [4.69, 9.17) is 11.6 Å². The van der Waals surface area contributed by atoms with E-state index in [2.05, 4.69) is 10.6 Å². The summed E-state index contributed by atoms with van der Waals surface area (Å²) in [6.45, 7) is 5.71. The molecule has 1 aliphatic heterocycles. The van der Waals surface area contributed by atoms with Gasteiger partial charge in [0.1, 0.15) is 6.04 Å². The van der Waals surface area contributed by atoms with Crippen LogP contribution in [0.2, 0.25) is 0 Å². The number of nitrogens with zero attached hydrogens (tertiary/aromatic N) is 1. The van der Waals surface area contributed by atoms with Crippen molar-refractivity contribution in [3.8, 4) is 0 Å². The van der Waals surface area contributed by atoms with Crippen molar-refractivity contribution < 1.29 is 19.5 Å². The molecule has 1 heterocycles. The van der Waals surface area contributed by atoms with Crippen LogP contribution in [0.4, 0.5) is 0 Å². The third-order valence-electron chi connectivity index (χ3n) is 5.62. The zero-order chi connectivity index (χ0) is 24.9. The van der Waals surface area contributed by atoms with E-state index < -0.39 is 40.9 Å². The molecule has 1 saturated heterocycles. The number of carbonyl (C=O) groups is 3. The van der Waals surface area contributed by atoms with Gasteiger partial charge in [0, 0.05) is 17.6 Å². The van der Waals surface area contributed by atoms with E-state index in [1.54, 1.807) is 30.3 Å². The van der Waals surface area contributed by atoms with Gasteiger partial charge in [-0.3, -0.25) is 14.4 Å². The zero-order valence-electron chi connectivity index (χ0n) is 19.7. The average molecular weight is 486 g/mol. The van der Waals surface area contributed by atoms with Gasteiger partial charge in [0.05, 0.1) is 11.4 Å². The van der Waals surface area contributed by atoms with Crippen molar-refractivity contribution in [2.75, 3.05) is 6.54 Å². The lowest BCUT2D eigenvalue weighted by atomic mass is 9.99. The van der Waals surface area contributed by atoms with Crippen molar-refractivity contribution in [3.05, 3.63) is 71.8 Å². The smallest absolute Gasteiger partial charge is 0.254 e. The molecule has 1 aliphatic rings. The Morgan fingerprint density at radius 2 is 1.65 bits per heavy atom. The molecule has 3 amide bonds. The fraction of sp³-hybridized carbons (Fsp3) is 0.423. The van der Waals surface area contributed by atoms with Crippen molar-refractivity contribution in [3.63, 3.8) is 0 Å². The normalized spacial score (nSPS) is 19.9. The van der Waals surface area contributed by atoms with Gasteiger partial charge in [-0.05, 0) is 51.3 Å². The molecular weight excluding hydrogens is 454 g/mol. The topological polar surface area (TPSA) is 98.7 Å². The van der Waals surface area contributed by atoms with Crippen LogP contribution < -0.4 is 10.6 Å². The molecule has 0 unspecified atom stereocenters. The van der Waals surface area contributed by atoms with Crippen molar-refractivity contribution in [2.24, 2.45) is 0 Å². The van der Waals surface area contributed by atoms with E-state index in [1.807, 2.05) is 51.1 Å². The van der Waals surface area contributed by atoms with E-state index in [0.29, 0.717) is 12.0 Å². The maximum Gasteiger partial charge on any atom is 0.254 e. The molecule has 8 heteroatoms. The number of carbonyl (C=O) groups excluding carboxylic acids is 3. The molecule has 1 fully saturated rings. The zero-order valence-corrected chi connectivity index (χ0v) is 20.5. The highest BCUT2D eigenvalue weighted by Crippen LogP contribution is 2.25. The number of rotatable bonds is 7. The third-order valence-corrected chi connectivity index (χ3v) is 5.94. The van der Waals surface area contributed by atoms with Gasteiger partial charge < -0.3 is 20.6 Å². The summed E-state index contributed by atoms with van der Waals surface area (Å²) in [5, 5.41) is 16.4. The molecule has 2 aromatic carbocycles.